The summed E-state index contributed by atoms with van der Waals surface area (Å²) in [5, 5.41) is 10.7. The standard InChI is InChI=1S/C25H38N4O4/c1-17(2)16-22(21(24(31)28-33)15-9-12-19-10-5-4-6-11-19)23(30)27-29(25(32)18(3)26)20-13-7-8-14-20/h4-6,9-12,17-18,20-22,33H,7-8,13-16,26H2,1-3H3,(H,27,30)(H,28,31)/b12-9+/t18-,21-,22+/m1/s1. The van der Waals surface area contributed by atoms with Crippen molar-refractivity contribution in [3.63, 3.8) is 0 Å². The Labute approximate surface area is 196 Å². The second-order valence-corrected chi connectivity index (χ2v) is 9.28. The first-order chi connectivity index (χ1) is 15.7. The third-order valence-electron chi connectivity index (χ3n) is 6.04. The van der Waals surface area contributed by atoms with Gasteiger partial charge in [-0.05, 0) is 44.1 Å². The van der Waals surface area contributed by atoms with Crippen LogP contribution in [0.5, 0.6) is 0 Å². The SMILES string of the molecule is CC(C)C[C@H](C(=O)NN(C(=O)[C@@H](C)N)C1CCCC1)[C@@H](C/C=C/c1ccccc1)C(=O)NO. The molecule has 0 aromatic heterocycles. The van der Waals surface area contributed by atoms with Crippen LogP contribution in [0.1, 0.15) is 64.9 Å². The molecule has 182 valence electrons. The van der Waals surface area contributed by atoms with Gasteiger partial charge in [0.1, 0.15) is 0 Å². The Balaban J connectivity index is 2.25. The zero-order valence-electron chi connectivity index (χ0n) is 19.9. The number of hydrogen-bond acceptors (Lipinski definition) is 5. The molecule has 2 rings (SSSR count). The lowest BCUT2D eigenvalue weighted by molar-refractivity contribution is -0.150. The van der Waals surface area contributed by atoms with Crippen LogP contribution in [0, 0.1) is 17.8 Å². The average Bonchev–Trinajstić information content (AvgIpc) is 3.33. The molecule has 1 aliphatic carbocycles. The number of hydrogen-bond donors (Lipinski definition) is 4. The molecule has 5 N–H and O–H groups in total. The Morgan fingerprint density at radius 3 is 2.27 bits per heavy atom. The van der Waals surface area contributed by atoms with Crippen molar-refractivity contribution < 1.29 is 19.6 Å². The van der Waals surface area contributed by atoms with Crippen LogP contribution in [0.4, 0.5) is 0 Å². The quantitative estimate of drug-likeness (QED) is 0.317. The molecule has 0 unspecified atom stereocenters. The molecule has 0 spiro atoms. The van der Waals surface area contributed by atoms with Gasteiger partial charge in [0.05, 0.1) is 23.9 Å². The fraction of sp³-hybridized carbons (Fsp3) is 0.560. The fourth-order valence-electron chi connectivity index (χ4n) is 4.32. The topological polar surface area (TPSA) is 125 Å². The summed E-state index contributed by atoms with van der Waals surface area (Å²) in [6.07, 6.45) is 7.97. The van der Waals surface area contributed by atoms with E-state index in [0.717, 1.165) is 31.2 Å². The van der Waals surface area contributed by atoms with Crippen LogP contribution in [-0.2, 0) is 14.4 Å². The zero-order chi connectivity index (χ0) is 24.4. The number of nitrogens with one attached hydrogen (secondary N) is 2. The van der Waals surface area contributed by atoms with E-state index in [-0.39, 0.29) is 24.3 Å². The number of carbonyl (C=O) groups excluding carboxylic acids is 3. The molecule has 8 nitrogen and oxygen atoms in total. The van der Waals surface area contributed by atoms with Crippen molar-refractivity contribution in [3.8, 4) is 0 Å². The van der Waals surface area contributed by atoms with E-state index in [2.05, 4.69) is 5.43 Å². The monoisotopic (exact) mass is 458 g/mol. The minimum atomic E-state index is -0.798. The lowest BCUT2D eigenvalue weighted by atomic mass is 9.82. The maximum Gasteiger partial charge on any atom is 0.257 e. The zero-order valence-corrected chi connectivity index (χ0v) is 19.9. The molecule has 3 atom stereocenters. The predicted molar refractivity (Wildman–Crippen MR) is 127 cm³/mol. The van der Waals surface area contributed by atoms with E-state index in [4.69, 9.17) is 5.73 Å². The second-order valence-electron chi connectivity index (χ2n) is 9.28. The summed E-state index contributed by atoms with van der Waals surface area (Å²) in [5.41, 5.74) is 11.3. The lowest BCUT2D eigenvalue weighted by Crippen LogP contribution is -2.57. The number of rotatable bonds is 10. The molecule has 1 aromatic rings. The average molecular weight is 459 g/mol. The van der Waals surface area contributed by atoms with Crippen molar-refractivity contribution in [2.75, 3.05) is 0 Å². The van der Waals surface area contributed by atoms with Crippen LogP contribution in [0.15, 0.2) is 36.4 Å². The summed E-state index contributed by atoms with van der Waals surface area (Å²) in [4.78, 5) is 38.8. The van der Waals surface area contributed by atoms with Gasteiger partial charge >= 0.3 is 0 Å². The number of carbonyl (C=O) groups is 3. The Morgan fingerprint density at radius 1 is 1.09 bits per heavy atom. The minimum Gasteiger partial charge on any atom is -0.320 e. The number of hydroxylamine groups is 1. The van der Waals surface area contributed by atoms with E-state index >= 15 is 0 Å². The highest BCUT2D eigenvalue weighted by Gasteiger charge is 2.37. The number of amides is 3. The first-order valence-corrected chi connectivity index (χ1v) is 11.8. The summed E-state index contributed by atoms with van der Waals surface area (Å²) in [6.45, 7) is 5.53. The van der Waals surface area contributed by atoms with Gasteiger partial charge in [0.25, 0.3) is 5.91 Å². The van der Waals surface area contributed by atoms with Crippen LogP contribution in [0.2, 0.25) is 0 Å². The lowest BCUT2D eigenvalue weighted by Gasteiger charge is -2.33. The van der Waals surface area contributed by atoms with Gasteiger partial charge in [-0.3, -0.25) is 25.0 Å². The number of benzene rings is 1. The van der Waals surface area contributed by atoms with Gasteiger partial charge in [-0.25, -0.2) is 10.5 Å². The summed E-state index contributed by atoms with van der Waals surface area (Å²) in [5.74, 6) is -2.79. The smallest absolute Gasteiger partial charge is 0.257 e. The normalized spacial score (nSPS) is 17.0. The Bertz CT molecular complexity index is 804. The van der Waals surface area contributed by atoms with Crippen molar-refractivity contribution >= 4 is 23.8 Å². The number of allylic oxidation sites excluding steroid dienone is 1. The highest BCUT2D eigenvalue weighted by Crippen LogP contribution is 2.27. The second kappa shape index (κ2) is 13.1. The van der Waals surface area contributed by atoms with Gasteiger partial charge in [0.15, 0.2) is 0 Å². The first-order valence-electron chi connectivity index (χ1n) is 11.8. The Morgan fingerprint density at radius 2 is 1.73 bits per heavy atom. The van der Waals surface area contributed by atoms with Gasteiger partial charge in [-0.2, -0.15) is 0 Å². The van der Waals surface area contributed by atoms with Gasteiger partial charge in [-0.1, -0.05) is 69.2 Å². The van der Waals surface area contributed by atoms with E-state index < -0.39 is 29.7 Å². The van der Waals surface area contributed by atoms with Crippen LogP contribution >= 0.6 is 0 Å². The summed E-state index contributed by atoms with van der Waals surface area (Å²) >= 11 is 0. The summed E-state index contributed by atoms with van der Waals surface area (Å²) in [6, 6.07) is 8.78. The summed E-state index contributed by atoms with van der Waals surface area (Å²) in [7, 11) is 0. The molecule has 1 fully saturated rings. The minimum absolute atomic E-state index is 0.102. The summed E-state index contributed by atoms with van der Waals surface area (Å²) < 4.78 is 0. The number of nitrogens with two attached hydrogens (primary N) is 1. The number of hydrazine groups is 1. The van der Waals surface area contributed by atoms with Crippen LogP contribution < -0.4 is 16.6 Å². The fourth-order valence-corrected chi connectivity index (χ4v) is 4.32. The molecule has 0 radical (unpaired) electrons. The third kappa shape index (κ3) is 7.98. The molecular weight excluding hydrogens is 420 g/mol. The molecule has 1 saturated carbocycles. The van der Waals surface area contributed by atoms with Crippen LogP contribution in [0.25, 0.3) is 6.08 Å². The molecule has 8 heteroatoms. The van der Waals surface area contributed by atoms with E-state index in [9.17, 15) is 19.6 Å². The molecular formula is C25H38N4O4. The molecule has 0 saturated heterocycles. The van der Waals surface area contributed by atoms with E-state index in [0.29, 0.717) is 6.42 Å². The van der Waals surface area contributed by atoms with E-state index in [1.54, 1.807) is 12.4 Å². The molecule has 1 aromatic carbocycles. The predicted octanol–water partition coefficient (Wildman–Crippen LogP) is 3.02. The van der Waals surface area contributed by atoms with Gasteiger partial charge < -0.3 is 5.73 Å². The van der Waals surface area contributed by atoms with Crippen LogP contribution in [0.3, 0.4) is 0 Å². The van der Waals surface area contributed by atoms with Crippen molar-refractivity contribution in [1.29, 1.82) is 0 Å². The van der Waals surface area contributed by atoms with Crippen molar-refractivity contribution in [2.45, 2.75) is 71.4 Å². The highest BCUT2D eigenvalue weighted by atomic mass is 16.5. The number of nitrogens with zero attached hydrogens (tertiary/aromatic N) is 1. The van der Waals surface area contributed by atoms with Crippen molar-refractivity contribution in [3.05, 3.63) is 42.0 Å². The van der Waals surface area contributed by atoms with E-state index in [1.807, 2.05) is 56.3 Å². The van der Waals surface area contributed by atoms with Gasteiger partial charge in [0.2, 0.25) is 11.8 Å². The van der Waals surface area contributed by atoms with Gasteiger partial charge in [-0.15, -0.1) is 0 Å². The maximum atomic E-state index is 13.4. The third-order valence-corrected chi connectivity index (χ3v) is 6.04. The molecule has 0 heterocycles. The maximum absolute atomic E-state index is 13.4. The largest absolute Gasteiger partial charge is 0.320 e. The first kappa shape index (κ1) is 26.5. The van der Waals surface area contributed by atoms with Gasteiger partial charge in [0, 0.05) is 0 Å². The Hall–Kier alpha value is -2.71. The molecule has 1 aliphatic rings. The van der Waals surface area contributed by atoms with Crippen molar-refractivity contribution in [2.24, 2.45) is 23.5 Å². The molecule has 33 heavy (non-hydrogen) atoms. The highest BCUT2D eigenvalue weighted by molar-refractivity contribution is 5.89. The van der Waals surface area contributed by atoms with Crippen molar-refractivity contribution in [1.82, 2.24) is 15.9 Å². The van der Waals surface area contributed by atoms with E-state index in [1.165, 1.54) is 5.01 Å². The molecule has 0 aliphatic heterocycles. The molecule has 0 bridgehead atoms. The Kier molecular flexibility index (Phi) is 10.5. The molecule has 3 amide bonds. The van der Waals surface area contributed by atoms with Crippen LogP contribution in [-0.4, -0.2) is 40.0 Å².